The molecule has 1 aliphatic rings. The Kier molecular flexibility index (Phi) is 4.90. The first kappa shape index (κ1) is 20.7. The second-order valence-electron chi connectivity index (χ2n) is 7.42. The summed E-state index contributed by atoms with van der Waals surface area (Å²) in [7, 11) is 0. The van der Waals surface area contributed by atoms with E-state index in [2.05, 4.69) is 20.8 Å². The van der Waals surface area contributed by atoms with Crippen molar-refractivity contribution in [2.45, 2.75) is 0 Å². The predicted octanol–water partition coefficient (Wildman–Crippen LogP) is 2.69. The van der Waals surface area contributed by atoms with Crippen LogP contribution in [0.5, 0.6) is 0 Å². The number of fused-ring (bicyclic) bond motifs is 1. The van der Waals surface area contributed by atoms with E-state index in [1.54, 1.807) is 24.3 Å². The molecule has 4 N–H and O–H groups in total. The summed E-state index contributed by atoms with van der Waals surface area (Å²) in [4.78, 5) is 47.4. The molecule has 0 aliphatic carbocycles. The van der Waals surface area contributed by atoms with E-state index in [9.17, 15) is 24.5 Å². The maximum atomic E-state index is 12.9. The number of non-ortho nitro benzene ring substituents is 1. The third kappa shape index (κ3) is 3.56. The Morgan fingerprint density at radius 2 is 1.56 bits per heavy atom. The number of nitrogens with one attached hydrogen (secondary N) is 4. The number of aromatic amines is 2. The van der Waals surface area contributed by atoms with Gasteiger partial charge in [-0.1, -0.05) is 30.3 Å². The molecule has 0 atom stereocenters. The molecule has 3 aromatic carbocycles. The molecular weight excluding hydrogens is 440 g/mol. The zero-order valence-corrected chi connectivity index (χ0v) is 17.4. The Labute approximate surface area is 190 Å². The highest BCUT2D eigenvalue weighted by atomic mass is 16.6. The van der Waals surface area contributed by atoms with Crippen LogP contribution < -0.4 is 22.0 Å². The van der Waals surface area contributed by atoms with Gasteiger partial charge in [-0.3, -0.25) is 14.9 Å². The Bertz CT molecular complexity index is 1550. The predicted molar refractivity (Wildman–Crippen MR) is 126 cm³/mol. The van der Waals surface area contributed by atoms with Gasteiger partial charge in [-0.2, -0.15) is 0 Å². The topological polar surface area (TPSA) is 155 Å². The standard InChI is InChI=1S/C23H16N6O5/c30-21-19(17-12-16(29(33)34)10-11-18(17)25-21)20(13-4-2-1-3-5-13)24-14-6-8-15(9-7-14)28-22(31)26-27-23(28)32/h1-12,24H,(H,25,30)(H,26,31)(H,27,32)/b20-19-. The van der Waals surface area contributed by atoms with Gasteiger partial charge in [-0.25, -0.2) is 24.4 Å². The fourth-order valence-corrected chi connectivity index (χ4v) is 3.78. The highest BCUT2D eigenvalue weighted by Gasteiger charge is 2.30. The van der Waals surface area contributed by atoms with E-state index in [0.717, 1.165) is 4.57 Å². The van der Waals surface area contributed by atoms with Gasteiger partial charge in [0.15, 0.2) is 0 Å². The summed E-state index contributed by atoms with van der Waals surface area (Å²) in [6.07, 6.45) is 0. The molecule has 11 nitrogen and oxygen atoms in total. The van der Waals surface area contributed by atoms with Gasteiger partial charge in [0.2, 0.25) is 0 Å². The molecule has 1 amide bonds. The first-order chi connectivity index (χ1) is 16.4. The lowest BCUT2D eigenvalue weighted by Gasteiger charge is -2.15. The van der Waals surface area contributed by atoms with Gasteiger partial charge in [-0.05, 0) is 35.9 Å². The van der Waals surface area contributed by atoms with Crippen LogP contribution in [0.3, 0.4) is 0 Å². The van der Waals surface area contributed by atoms with E-state index in [1.165, 1.54) is 18.2 Å². The second kappa shape index (κ2) is 8.06. The van der Waals surface area contributed by atoms with Crippen molar-refractivity contribution in [1.29, 1.82) is 0 Å². The number of hydrogen-bond acceptors (Lipinski definition) is 6. The molecule has 0 bridgehead atoms. The van der Waals surface area contributed by atoms with Gasteiger partial charge in [0.25, 0.3) is 11.6 Å². The first-order valence-electron chi connectivity index (χ1n) is 10.1. The largest absolute Gasteiger partial charge is 0.354 e. The number of nitrogens with zero attached hydrogens (tertiary/aromatic N) is 2. The third-order valence-electron chi connectivity index (χ3n) is 5.35. The monoisotopic (exact) mass is 456 g/mol. The molecule has 1 aromatic heterocycles. The van der Waals surface area contributed by atoms with Crippen LogP contribution in [0.25, 0.3) is 17.0 Å². The molecule has 0 saturated heterocycles. The molecule has 0 unspecified atom stereocenters. The van der Waals surface area contributed by atoms with Gasteiger partial charge < -0.3 is 10.6 Å². The minimum absolute atomic E-state index is 0.133. The summed E-state index contributed by atoms with van der Waals surface area (Å²) in [5, 5.41) is 21.7. The normalized spacial score (nSPS) is 13.8. The number of anilines is 2. The van der Waals surface area contributed by atoms with Crippen LogP contribution in [-0.2, 0) is 4.79 Å². The number of H-pyrrole nitrogens is 2. The Morgan fingerprint density at radius 1 is 0.882 bits per heavy atom. The molecule has 2 heterocycles. The molecule has 11 heteroatoms. The summed E-state index contributed by atoms with van der Waals surface area (Å²) < 4.78 is 0.945. The van der Waals surface area contributed by atoms with E-state index in [0.29, 0.717) is 33.9 Å². The smallest absolute Gasteiger partial charge is 0.348 e. The highest BCUT2D eigenvalue weighted by Crippen LogP contribution is 2.39. The molecule has 34 heavy (non-hydrogen) atoms. The SMILES string of the molecule is O=C1Nc2ccc([N+](=O)[O-])cc2/C1=C(/Nc1ccc(-n2c(=O)[nH][nH]c2=O)cc1)c1ccccc1. The Morgan fingerprint density at radius 3 is 2.21 bits per heavy atom. The van der Waals surface area contributed by atoms with Crippen molar-refractivity contribution in [1.82, 2.24) is 14.8 Å². The number of nitro groups is 1. The molecule has 168 valence electrons. The molecular formula is C23H16N6O5. The van der Waals surface area contributed by atoms with Crippen LogP contribution in [0.15, 0.2) is 82.4 Å². The van der Waals surface area contributed by atoms with E-state index in [1.807, 2.05) is 30.3 Å². The number of rotatable bonds is 5. The number of amides is 1. The summed E-state index contributed by atoms with van der Waals surface area (Å²) >= 11 is 0. The minimum Gasteiger partial charge on any atom is -0.354 e. The molecule has 5 rings (SSSR count). The van der Waals surface area contributed by atoms with Crippen LogP contribution >= 0.6 is 0 Å². The molecule has 0 radical (unpaired) electrons. The minimum atomic E-state index is -0.598. The van der Waals surface area contributed by atoms with Crippen LogP contribution in [0.4, 0.5) is 17.1 Å². The quantitative estimate of drug-likeness (QED) is 0.206. The Balaban J connectivity index is 1.62. The maximum Gasteiger partial charge on any atom is 0.348 e. The van der Waals surface area contributed by atoms with Crippen molar-refractivity contribution in [2.24, 2.45) is 0 Å². The van der Waals surface area contributed by atoms with E-state index < -0.39 is 22.2 Å². The van der Waals surface area contributed by atoms with Crippen molar-refractivity contribution >= 4 is 34.2 Å². The van der Waals surface area contributed by atoms with Gasteiger partial charge >= 0.3 is 11.4 Å². The van der Waals surface area contributed by atoms with Crippen molar-refractivity contribution in [3.63, 3.8) is 0 Å². The first-order valence-corrected chi connectivity index (χ1v) is 10.1. The molecule has 0 fully saturated rings. The van der Waals surface area contributed by atoms with E-state index in [4.69, 9.17) is 0 Å². The fraction of sp³-hybridized carbons (Fsp3) is 0. The number of hydrogen-bond donors (Lipinski definition) is 4. The maximum absolute atomic E-state index is 12.9. The van der Waals surface area contributed by atoms with Gasteiger partial charge in [0.1, 0.15) is 0 Å². The summed E-state index contributed by atoms with van der Waals surface area (Å²) in [5.74, 6) is -0.399. The zero-order chi connectivity index (χ0) is 23.8. The van der Waals surface area contributed by atoms with Crippen molar-refractivity contribution in [3.05, 3.63) is 115 Å². The average Bonchev–Trinajstić information content (AvgIpc) is 3.35. The van der Waals surface area contributed by atoms with E-state index in [-0.39, 0.29) is 11.3 Å². The molecule has 1 aliphatic heterocycles. The Hall–Kier alpha value is -5.19. The second-order valence-corrected chi connectivity index (χ2v) is 7.42. The van der Waals surface area contributed by atoms with Crippen LogP contribution in [-0.4, -0.2) is 25.6 Å². The van der Waals surface area contributed by atoms with Crippen LogP contribution in [0.1, 0.15) is 11.1 Å². The van der Waals surface area contributed by atoms with Crippen molar-refractivity contribution < 1.29 is 9.72 Å². The highest BCUT2D eigenvalue weighted by molar-refractivity contribution is 6.37. The van der Waals surface area contributed by atoms with Gasteiger partial charge in [-0.15, -0.1) is 0 Å². The van der Waals surface area contributed by atoms with E-state index >= 15 is 0 Å². The van der Waals surface area contributed by atoms with Crippen LogP contribution in [0.2, 0.25) is 0 Å². The lowest BCUT2D eigenvalue weighted by Crippen LogP contribution is -2.24. The lowest BCUT2D eigenvalue weighted by atomic mass is 9.99. The number of nitro benzene ring substituents is 1. The molecule has 0 saturated carbocycles. The van der Waals surface area contributed by atoms with Crippen molar-refractivity contribution in [3.8, 4) is 5.69 Å². The number of carbonyl (C=O) groups excluding carboxylic acids is 1. The molecule has 4 aromatic rings. The average molecular weight is 456 g/mol. The summed E-state index contributed by atoms with van der Waals surface area (Å²) in [6.45, 7) is 0. The fourth-order valence-electron chi connectivity index (χ4n) is 3.78. The zero-order valence-electron chi connectivity index (χ0n) is 17.4. The molecule has 0 spiro atoms. The van der Waals surface area contributed by atoms with Gasteiger partial charge in [0, 0.05) is 29.1 Å². The number of carbonyl (C=O) groups is 1. The van der Waals surface area contributed by atoms with Crippen LogP contribution in [0, 0.1) is 10.1 Å². The number of aromatic nitrogens is 3. The van der Waals surface area contributed by atoms with Gasteiger partial charge in [0.05, 0.1) is 21.9 Å². The summed E-state index contributed by atoms with van der Waals surface area (Å²) in [5.41, 5.74) is 1.87. The number of benzene rings is 3. The van der Waals surface area contributed by atoms with Crippen molar-refractivity contribution in [2.75, 3.05) is 10.6 Å². The third-order valence-corrected chi connectivity index (χ3v) is 5.35. The lowest BCUT2D eigenvalue weighted by molar-refractivity contribution is -0.384. The summed E-state index contributed by atoms with van der Waals surface area (Å²) in [6, 6.07) is 19.7.